The van der Waals surface area contributed by atoms with Gasteiger partial charge in [0, 0.05) is 18.4 Å². The molecule has 1 radical (unpaired) electrons. The molecule has 0 spiro atoms. The number of unbranched alkanes of at least 4 members (excludes halogenated alkanes) is 4. The number of aldehydes is 1. The molecule has 1 heterocycles. The Labute approximate surface area is 129 Å². The third-order valence-corrected chi connectivity index (χ3v) is 5.33. The third-order valence-electron chi connectivity index (χ3n) is 3.46. The summed E-state index contributed by atoms with van der Waals surface area (Å²) in [5.74, 6) is 0.175. The van der Waals surface area contributed by atoms with Gasteiger partial charge in [-0.25, -0.2) is 0 Å². The molecule has 0 bridgehead atoms. The van der Waals surface area contributed by atoms with Crippen molar-refractivity contribution < 1.29 is 9.59 Å². The van der Waals surface area contributed by atoms with Crippen molar-refractivity contribution in [3.05, 3.63) is 52.8 Å². The summed E-state index contributed by atoms with van der Waals surface area (Å²) in [5, 5.41) is 4.37. The summed E-state index contributed by atoms with van der Waals surface area (Å²) in [5.41, 5.74) is 0.705. The van der Waals surface area contributed by atoms with E-state index in [1.165, 1.54) is 4.90 Å². The highest BCUT2D eigenvalue weighted by atomic mass is 32.2. The summed E-state index contributed by atoms with van der Waals surface area (Å²) in [7, 11) is -0.371. The van der Waals surface area contributed by atoms with Crippen LogP contribution < -0.4 is 0 Å². The van der Waals surface area contributed by atoms with Crippen molar-refractivity contribution >= 4 is 23.0 Å². The van der Waals surface area contributed by atoms with E-state index in [0.717, 1.165) is 32.0 Å². The first kappa shape index (κ1) is 15.8. The second-order valence-electron chi connectivity index (χ2n) is 5.09. The lowest BCUT2D eigenvalue weighted by atomic mass is 10.0. The average Bonchev–Trinajstić information content (AvgIpc) is 3.05. The van der Waals surface area contributed by atoms with E-state index in [1.54, 1.807) is 0 Å². The van der Waals surface area contributed by atoms with Gasteiger partial charge in [0.05, 0.1) is 0 Å². The highest BCUT2D eigenvalue weighted by Gasteiger charge is 2.09. The number of benzene rings is 1. The molecule has 21 heavy (non-hydrogen) atoms. The minimum Gasteiger partial charge on any atom is -0.303 e. The molecule has 0 aromatic heterocycles. The van der Waals surface area contributed by atoms with Gasteiger partial charge in [-0.15, -0.1) is 0 Å². The van der Waals surface area contributed by atoms with Gasteiger partial charge in [0.15, 0.2) is 5.78 Å². The van der Waals surface area contributed by atoms with Crippen molar-refractivity contribution in [2.24, 2.45) is 0 Å². The number of carbonyl (C=O) groups excluding carboxylic acids is 2. The fraction of sp³-hybridized carbons (Fsp3) is 0.333. The van der Waals surface area contributed by atoms with Crippen LogP contribution in [0.3, 0.4) is 0 Å². The second-order valence-corrected chi connectivity index (χ2v) is 7.02. The molecule has 1 aromatic rings. The summed E-state index contributed by atoms with van der Waals surface area (Å²) in [4.78, 5) is 23.6. The largest absolute Gasteiger partial charge is 0.303 e. The summed E-state index contributed by atoms with van der Waals surface area (Å²) in [6.07, 6.45) is 10.1. The molecule has 2 nitrogen and oxygen atoms in total. The Morgan fingerprint density at radius 2 is 1.90 bits per heavy atom. The maximum Gasteiger partial charge on any atom is 0.163 e. The molecule has 0 unspecified atom stereocenters. The predicted molar refractivity (Wildman–Crippen MR) is 88.9 cm³/mol. The molecular weight excluding hydrogens is 280 g/mol. The number of hydrogen-bond acceptors (Lipinski definition) is 2. The van der Waals surface area contributed by atoms with Gasteiger partial charge in [-0.1, -0.05) is 31.1 Å². The van der Waals surface area contributed by atoms with Crippen LogP contribution in [0, 0.1) is 6.07 Å². The van der Waals surface area contributed by atoms with Crippen molar-refractivity contribution in [2.75, 3.05) is 0 Å². The molecule has 0 saturated heterocycles. The van der Waals surface area contributed by atoms with E-state index >= 15 is 0 Å². The van der Waals surface area contributed by atoms with Gasteiger partial charge in [0.25, 0.3) is 0 Å². The molecule has 2 rings (SSSR count). The van der Waals surface area contributed by atoms with Crippen LogP contribution in [0.1, 0.15) is 48.9 Å². The Morgan fingerprint density at radius 1 is 1.14 bits per heavy atom. The third kappa shape index (κ3) is 5.01. The maximum absolute atomic E-state index is 12.2. The minimum absolute atomic E-state index is 0.175. The van der Waals surface area contributed by atoms with Crippen LogP contribution in [0.15, 0.2) is 46.1 Å². The lowest BCUT2D eigenvalue weighted by molar-refractivity contribution is -0.107. The van der Waals surface area contributed by atoms with Crippen LogP contribution in [0.4, 0.5) is 0 Å². The number of ketones is 1. The number of hydrogen-bond donors (Lipinski definition) is 1. The topological polar surface area (TPSA) is 34.1 Å². The Bertz CT molecular complexity index is 534. The van der Waals surface area contributed by atoms with Crippen molar-refractivity contribution in [2.45, 2.75) is 43.4 Å². The van der Waals surface area contributed by atoms with Gasteiger partial charge in [0.2, 0.25) is 0 Å². The lowest BCUT2D eigenvalue weighted by Crippen LogP contribution is -1.99. The predicted octanol–water partition coefficient (Wildman–Crippen LogP) is 4.61. The van der Waals surface area contributed by atoms with Crippen LogP contribution in [0.2, 0.25) is 0 Å². The Morgan fingerprint density at radius 3 is 2.67 bits per heavy atom. The number of rotatable bonds is 9. The zero-order valence-electron chi connectivity index (χ0n) is 12.1. The first-order chi connectivity index (χ1) is 10.3. The van der Waals surface area contributed by atoms with Crippen molar-refractivity contribution in [3.8, 4) is 0 Å². The first-order valence-electron chi connectivity index (χ1n) is 7.43. The quantitative estimate of drug-likeness (QED) is 0.313. The molecule has 111 valence electrons. The van der Waals surface area contributed by atoms with Crippen LogP contribution in [0.25, 0.3) is 0 Å². The lowest BCUT2D eigenvalue weighted by Gasteiger charge is -2.11. The summed E-state index contributed by atoms with van der Waals surface area (Å²) in [6.45, 7) is 0. The smallest absolute Gasteiger partial charge is 0.163 e. The van der Waals surface area contributed by atoms with Crippen LogP contribution in [0.5, 0.6) is 0 Å². The molecule has 1 aliphatic rings. The highest BCUT2D eigenvalue weighted by molar-refractivity contribution is 8.22. The van der Waals surface area contributed by atoms with Crippen molar-refractivity contribution in [3.63, 3.8) is 0 Å². The van der Waals surface area contributed by atoms with E-state index in [1.807, 2.05) is 18.2 Å². The Balaban J connectivity index is 1.82. The highest BCUT2D eigenvalue weighted by Crippen LogP contribution is 2.41. The van der Waals surface area contributed by atoms with E-state index in [2.05, 4.69) is 29.0 Å². The van der Waals surface area contributed by atoms with Gasteiger partial charge in [-0.05, 0) is 46.8 Å². The minimum atomic E-state index is -0.371. The van der Waals surface area contributed by atoms with Gasteiger partial charge in [-0.3, -0.25) is 4.79 Å². The van der Waals surface area contributed by atoms with Gasteiger partial charge < -0.3 is 4.79 Å². The molecule has 0 N–H and O–H groups in total. The summed E-state index contributed by atoms with van der Waals surface area (Å²) < 4.78 is 0. The van der Waals surface area contributed by atoms with Gasteiger partial charge in [-0.2, -0.15) is 10.9 Å². The zero-order valence-corrected chi connectivity index (χ0v) is 13.0. The normalized spacial score (nSPS) is 14.6. The Kier molecular flexibility index (Phi) is 6.48. The average molecular weight is 301 g/mol. The van der Waals surface area contributed by atoms with Crippen molar-refractivity contribution in [1.82, 2.24) is 0 Å². The Hall–Kier alpha value is -1.61. The molecule has 1 aromatic carbocycles. The van der Waals surface area contributed by atoms with E-state index in [4.69, 9.17) is 0 Å². The summed E-state index contributed by atoms with van der Waals surface area (Å²) in [6, 6.07) is 8.95. The molecule has 0 fully saturated rings. The number of Topliss-reactive ketones (excluding diaryl/α,β-unsaturated/α-hetero) is 1. The standard InChI is InChI=1S/C18H21O2S/c19-12-5-3-1-2-4-11-18(20)16-9-8-10-17(15-16)21-13-6-7-14-21/h6-8,10,12-15,21H,1-5,11H2. The monoisotopic (exact) mass is 301 g/mol. The summed E-state index contributed by atoms with van der Waals surface area (Å²) >= 11 is 0. The SMILES string of the molecule is O=CCCCCCCC(=O)c1[c]ccc([SH]2C=CC=C2)c1. The first-order valence-corrected chi connectivity index (χ1v) is 8.91. The number of carbonyl (C=O) groups is 2. The molecule has 3 heteroatoms. The van der Waals surface area contributed by atoms with E-state index in [9.17, 15) is 9.59 Å². The molecule has 0 aliphatic carbocycles. The van der Waals surface area contributed by atoms with Crippen LogP contribution >= 0.6 is 10.9 Å². The van der Waals surface area contributed by atoms with Crippen LogP contribution in [-0.4, -0.2) is 12.1 Å². The van der Waals surface area contributed by atoms with E-state index in [0.29, 0.717) is 18.4 Å². The molecule has 0 atom stereocenters. The molecule has 0 amide bonds. The molecular formula is C18H21O2S. The molecule has 0 saturated carbocycles. The number of allylic oxidation sites excluding steroid dienone is 2. The molecule has 1 aliphatic heterocycles. The van der Waals surface area contributed by atoms with E-state index < -0.39 is 0 Å². The van der Waals surface area contributed by atoms with Gasteiger partial charge >= 0.3 is 0 Å². The second kappa shape index (κ2) is 8.63. The number of thiol groups is 1. The fourth-order valence-electron chi connectivity index (χ4n) is 2.28. The zero-order chi connectivity index (χ0) is 14.9. The maximum atomic E-state index is 12.2. The van der Waals surface area contributed by atoms with E-state index in [-0.39, 0.29) is 16.7 Å². The van der Waals surface area contributed by atoms with Crippen LogP contribution in [-0.2, 0) is 4.79 Å². The fourth-order valence-corrected chi connectivity index (χ4v) is 3.82. The van der Waals surface area contributed by atoms with Crippen molar-refractivity contribution in [1.29, 1.82) is 0 Å². The van der Waals surface area contributed by atoms with Gasteiger partial charge in [0.1, 0.15) is 6.29 Å².